The van der Waals surface area contributed by atoms with E-state index in [1.807, 2.05) is 0 Å². The number of fused-ring (bicyclic) bond motifs is 2. The average Bonchev–Trinajstić information content (AvgIpc) is 3.20. The second-order valence-corrected chi connectivity index (χ2v) is 18.4. The van der Waals surface area contributed by atoms with Gasteiger partial charge in [0, 0.05) is 0 Å². The van der Waals surface area contributed by atoms with Crippen molar-refractivity contribution in [2.75, 3.05) is 0 Å². The molecule has 40 heavy (non-hydrogen) atoms. The molecule has 0 aromatic heterocycles. The van der Waals surface area contributed by atoms with E-state index < -0.39 is 0 Å². The molecule has 2 aliphatic rings. The largest absolute Gasteiger partial charge is 0.0602 e. The fourth-order valence-electron chi connectivity index (χ4n) is 8.02. The molecule has 0 bridgehead atoms. The molecule has 0 aliphatic heterocycles. The van der Waals surface area contributed by atoms with Crippen molar-refractivity contribution in [1.82, 2.24) is 0 Å². The lowest BCUT2D eigenvalue weighted by Gasteiger charge is -2.36. The molecule has 0 heterocycles. The number of benzene rings is 2. The Morgan fingerprint density at radius 1 is 0.625 bits per heavy atom. The first-order valence-corrected chi connectivity index (χ1v) is 16.5. The van der Waals surface area contributed by atoms with Crippen molar-refractivity contribution in [2.45, 2.75) is 146 Å². The SMILES string of the molecule is CC(C)(C)CC1CC(C(C)(C)C)CC1c1ccc2c(c1)CCc1ccc(C(CC(C)(C)C)C(C)(C)C)cc1CC2. The summed E-state index contributed by atoms with van der Waals surface area (Å²) in [5.74, 6) is 2.93. The van der Waals surface area contributed by atoms with Gasteiger partial charge in [-0.15, -0.1) is 0 Å². The van der Waals surface area contributed by atoms with Gasteiger partial charge in [0.25, 0.3) is 0 Å². The molecule has 0 saturated heterocycles. The first-order chi connectivity index (χ1) is 18.3. The van der Waals surface area contributed by atoms with Gasteiger partial charge >= 0.3 is 0 Å². The van der Waals surface area contributed by atoms with Crippen molar-refractivity contribution < 1.29 is 0 Å². The van der Waals surface area contributed by atoms with Crippen LogP contribution in [0.15, 0.2) is 36.4 Å². The molecule has 2 aliphatic carbocycles. The Balaban J connectivity index is 1.58. The summed E-state index contributed by atoms with van der Waals surface area (Å²) in [7, 11) is 0. The Morgan fingerprint density at radius 2 is 1.18 bits per heavy atom. The van der Waals surface area contributed by atoms with E-state index in [1.54, 1.807) is 33.4 Å². The Hall–Kier alpha value is -1.56. The smallest absolute Gasteiger partial charge is 0.0108 e. The summed E-state index contributed by atoms with van der Waals surface area (Å²) in [6.07, 6.45) is 10.0. The predicted molar refractivity (Wildman–Crippen MR) is 176 cm³/mol. The summed E-state index contributed by atoms with van der Waals surface area (Å²) in [5, 5.41) is 0. The van der Waals surface area contributed by atoms with Crippen LogP contribution in [0.25, 0.3) is 0 Å². The molecule has 0 spiro atoms. The molecular weight excluding hydrogens is 480 g/mol. The third-order valence-electron chi connectivity index (χ3n) is 10.3. The molecule has 2 aromatic rings. The molecular formula is C40H62. The molecule has 2 aromatic carbocycles. The highest BCUT2D eigenvalue weighted by Gasteiger charge is 2.41. The second-order valence-electron chi connectivity index (χ2n) is 18.4. The third kappa shape index (κ3) is 7.83. The van der Waals surface area contributed by atoms with Crippen molar-refractivity contribution in [3.63, 3.8) is 0 Å². The highest BCUT2D eigenvalue weighted by atomic mass is 14.5. The summed E-state index contributed by atoms with van der Waals surface area (Å²) < 4.78 is 0. The highest BCUT2D eigenvalue weighted by molar-refractivity contribution is 5.41. The lowest BCUT2D eigenvalue weighted by molar-refractivity contribution is 0.224. The van der Waals surface area contributed by atoms with Crippen LogP contribution in [0, 0.1) is 33.5 Å². The lowest BCUT2D eigenvalue weighted by Crippen LogP contribution is -2.24. The Labute approximate surface area is 249 Å². The van der Waals surface area contributed by atoms with Gasteiger partial charge in [-0.2, -0.15) is 0 Å². The molecule has 0 amide bonds. The van der Waals surface area contributed by atoms with Crippen LogP contribution in [0.3, 0.4) is 0 Å². The Bertz CT molecular complexity index is 1150. The minimum absolute atomic E-state index is 0.267. The molecule has 0 N–H and O–H groups in total. The predicted octanol–water partition coefficient (Wildman–Crippen LogP) is 11.7. The highest BCUT2D eigenvalue weighted by Crippen LogP contribution is 2.53. The van der Waals surface area contributed by atoms with Gasteiger partial charge in [0.2, 0.25) is 0 Å². The minimum atomic E-state index is 0.267. The van der Waals surface area contributed by atoms with Gasteiger partial charge in [0.1, 0.15) is 0 Å². The van der Waals surface area contributed by atoms with Crippen molar-refractivity contribution in [3.8, 4) is 0 Å². The maximum Gasteiger partial charge on any atom is -0.0108 e. The fraction of sp³-hybridized carbons (Fsp3) is 0.700. The number of hydrogen-bond donors (Lipinski definition) is 0. The van der Waals surface area contributed by atoms with Crippen LogP contribution >= 0.6 is 0 Å². The van der Waals surface area contributed by atoms with Crippen molar-refractivity contribution in [1.29, 1.82) is 0 Å². The van der Waals surface area contributed by atoms with Gasteiger partial charge in [-0.25, -0.2) is 0 Å². The van der Waals surface area contributed by atoms with E-state index in [1.165, 1.54) is 51.4 Å². The molecule has 4 atom stereocenters. The molecule has 0 nitrogen and oxygen atoms in total. The third-order valence-corrected chi connectivity index (χ3v) is 10.3. The lowest BCUT2D eigenvalue weighted by atomic mass is 9.68. The summed E-state index contributed by atoms with van der Waals surface area (Å²) in [6.45, 7) is 29.1. The molecule has 222 valence electrons. The number of hydrogen-bond acceptors (Lipinski definition) is 0. The van der Waals surface area contributed by atoms with Crippen molar-refractivity contribution in [3.05, 3.63) is 69.8 Å². The van der Waals surface area contributed by atoms with Crippen LogP contribution in [0.1, 0.15) is 154 Å². The minimum Gasteiger partial charge on any atom is -0.0602 e. The maximum atomic E-state index is 2.65. The summed E-state index contributed by atoms with van der Waals surface area (Å²) in [4.78, 5) is 0. The van der Waals surface area contributed by atoms with Crippen LogP contribution in [-0.2, 0) is 25.7 Å². The quantitative estimate of drug-likeness (QED) is 0.360. The van der Waals surface area contributed by atoms with Crippen molar-refractivity contribution in [2.24, 2.45) is 33.5 Å². The van der Waals surface area contributed by atoms with E-state index >= 15 is 0 Å². The zero-order valence-corrected chi connectivity index (χ0v) is 28.4. The van der Waals surface area contributed by atoms with E-state index in [0.717, 1.165) is 11.8 Å². The fourth-order valence-corrected chi connectivity index (χ4v) is 8.02. The molecule has 1 fully saturated rings. The van der Waals surface area contributed by atoms with Gasteiger partial charge < -0.3 is 0 Å². The van der Waals surface area contributed by atoms with Crippen molar-refractivity contribution >= 4 is 0 Å². The molecule has 1 saturated carbocycles. The zero-order chi connectivity index (χ0) is 29.7. The van der Waals surface area contributed by atoms with Gasteiger partial charge in [0.15, 0.2) is 0 Å². The van der Waals surface area contributed by atoms with E-state index in [-0.39, 0.29) is 5.41 Å². The summed E-state index contributed by atoms with van der Waals surface area (Å²) >= 11 is 0. The normalized spacial score (nSPS) is 23.2. The van der Waals surface area contributed by atoms with Gasteiger partial charge in [-0.05, 0) is 130 Å². The van der Waals surface area contributed by atoms with Gasteiger partial charge in [0.05, 0.1) is 0 Å². The summed E-state index contributed by atoms with van der Waals surface area (Å²) in [6, 6.07) is 15.3. The number of aryl methyl sites for hydroxylation is 4. The maximum absolute atomic E-state index is 2.65. The molecule has 0 heteroatoms. The van der Waals surface area contributed by atoms with Crippen LogP contribution in [0.2, 0.25) is 0 Å². The standard InChI is InChI=1S/C40H62/c1-37(2,3)25-33-23-34(39(7,8)9)24-35(33)31-19-15-27-14-18-30-22-32(20-16-28(30)13-17-29(27)21-31)36(40(10,11)12)26-38(4,5)6/h15-16,19-22,33-36H,13-14,17-18,23-26H2,1-12H3. The Kier molecular flexibility index (Phi) is 8.83. The first kappa shape index (κ1) is 31.4. The first-order valence-electron chi connectivity index (χ1n) is 16.5. The molecule has 4 rings (SSSR count). The van der Waals surface area contributed by atoms with E-state index in [4.69, 9.17) is 0 Å². The van der Waals surface area contributed by atoms with E-state index in [2.05, 4.69) is 119 Å². The van der Waals surface area contributed by atoms with Crippen LogP contribution in [0.4, 0.5) is 0 Å². The second kappa shape index (κ2) is 11.3. The molecule has 0 radical (unpaired) electrons. The average molecular weight is 543 g/mol. The van der Waals surface area contributed by atoms with Crippen LogP contribution in [0.5, 0.6) is 0 Å². The number of rotatable bonds is 4. The Morgan fingerprint density at radius 3 is 1.70 bits per heavy atom. The van der Waals surface area contributed by atoms with E-state index in [9.17, 15) is 0 Å². The topological polar surface area (TPSA) is 0 Å². The zero-order valence-electron chi connectivity index (χ0n) is 28.4. The molecule has 4 unspecified atom stereocenters. The van der Waals surface area contributed by atoms with Gasteiger partial charge in [-0.3, -0.25) is 0 Å². The van der Waals surface area contributed by atoms with E-state index in [0.29, 0.717) is 28.1 Å². The van der Waals surface area contributed by atoms with Crippen LogP contribution < -0.4 is 0 Å². The summed E-state index contributed by atoms with van der Waals surface area (Å²) in [5.41, 5.74) is 11.0. The monoisotopic (exact) mass is 542 g/mol. The van der Waals surface area contributed by atoms with Gasteiger partial charge in [-0.1, -0.05) is 119 Å². The van der Waals surface area contributed by atoms with Crippen LogP contribution in [-0.4, -0.2) is 0 Å².